The highest BCUT2D eigenvalue weighted by Gasteiger charge is 2.30. The van der Waals surface area contributed by atoms with Gasteiger partial charge < -0.3 is 14.5 Å². The summed E-state index contributed by atoms with van der Waals surface area (Å²) in [5.41, 5.74) is 1.04. The molecule has 3 aromatic rings. The third-order valence-electron chi connectivity index (χ3n) is 5.27. The van der Waals surface area contributed by atoms with Crippen molar-refractivity contribution in [1.29, 1.82) is 0 Å². The molecular weight excluding hydrogens is 439 g/mol. The first-order valence-corrected chi connectivity index (χ1v) is 11.0. The minimum Gasteiger partial charge on any atom is -0.489 e. The number of carbonyl (C=O) groups is 1. The van der Waals surface area contributed by atoms with E-state index in [-0.39, 0.29) is 12.5 Å². The van der Waals surface area contributed by atoms with Gasteiger partial charge in [0.25, 0.3) is 5.91 Å². The van der Waals surface area contributed by atoms with E-state index >= 15 is 0 Å². The van der Waals surface area contributed by atoms with Crippen LogP contribution in [0.3, 0.4) is 0 Å². The van der Waals surface area contributed by atoms with Crippen LogP contribution < -0.4 is 4.74 Å². The predicted molar refractivity (Wildman–Crippen MR) is 117 cm³/mol. The van der Waals surface area contributed by atoms with E-state index in [1.807, 2.05) is 24.1 Å². The SMILES string of the molecule is CN1CCN(C(=O)c2csc(-c3ccc(OCc4cccc(C(F)(F)F)c4)cc3)n2)CC1. The molecule has 1 aliphatic heterocycles. The molecule has 0 aliphatic carbocycles. The molecule has 0 radical (unpaired) electrons. The molecule has 32 heavy (non-hydrogen) atoms. The van der Waals surface area contributed by atoms with Gasteiger partial charge in [-0.2, -0.15) is 13.2 Å². The molecule has 1 aliphatic rings. The van der Waals surface area contributed by atoms with Crippen molar-refractivity contribution in [1.82, 2.24) is 14.8 Å². The highest BCUT2D eigenvalue weighted by Crippen LogP contribution is 2.30. The molecule has 1 amide bonds. The largest absolute Gasteiger partial charge is 0.489 e. The van der Waals surface area contributed by atoms with Crippen LogP contribution in [0.25, 0.3) is 10.6 Å². The minimum atomic E-state index is -4.38. The van der Waals surface area contributed by atoms with Crippen LogP contribution in [-0.4, -0.2) is 53.9 Å². The van der Waals surface area contributed by atoms with Crippen molar-refractivity contribution in [3.05, 3.63) is 70.7 Å². The Hall–Kier alpha value is -2.91. The minimum absolute atomic E-state index is 0.0319. The molecule has 0 atom stereocenters. The van der Waals surface area contributed by atoms with Crippen LogP contribution in [0, 0.1) is 0 Å². The van der Waals surface area contributed by atoms with Gasteiger partial charge in [-0.3, -0.25) is 4.79 Å². The highest BCUT2D eigenvalue weighted by atomic mass is 32.1. The molecule has 2 heterocycles. The summed E-state index contributed by atoms with van der Waals surface area (Å²) in [4.78, 5) is 21.2. The predicted octanol–water partition coefficient (Wildman–Crippen LogP) is 4.80. The fraction of sp³-hybridized carbons (Fsp3) is 0.304. The van der Waals surface area contributed by atoms with Gasteiger partial charge in [0.1, 0.15) is 23.1 Å². The Morgan fingerprint density at radius 2 is 1.81 bits per heavy atom. The zero-order chi connectivity index (χ0) is 22.7. The smallest absolute Gasteiger partial charge is 0.416 e. The van der Waals surface area contributed by atoms with E-state index in [1.165, 1.54) is 17.4 Å². The van der Waals surface area contributed by atoms with Gasteiger partial charge in [0.15, 0.2) is 0 Å². The van der Waals surface area contributed by atoms with Crippen molar-refractivity contribution in [3.8, 4) is 16.3 Å². The lowest BCUT2D eigenvalue weighted by Gasteiger charge is -2.31. The molecule has 4 rings (SSSR count). The topological polar surface area (TPSA) is 45.7 Å². The van der Waals surface area contributed by atoms with Crippen molar-refractivity contribution in [2.75, 3.05) is 33.2 Å². The van der Waals surface area contributed by atoms with Crippen LogP contribution in [-0.2, 0) is 12.8 Å². The summed E-state index contributed by atoms with van der Waals surface area (Å²) in [7, 11) is 2.04. The first-order chi connectivity index (χ1) is 15.3. The summed E-state index contributed by atoms with van der Waals surface area (Å²) >= 11 is 1.40. The highest BCUT2D eigenvalue weighted by molar-refractivity contribution is 7.13. The number of ether oxygens (including phenoxy) is 1. The zero-order valence-electron chi connectivity index (χ0n) is 17.4. The molecule has 0 bridgehead atoms. The first kappa shape index (κ1) is 22.3. The zero-order valence-corrected chi connectivity index (χ0v) is 18.2. The second-order valence-corrected chi connectivity index (χ2v) is 8.50. The standard InChI is InChI=1S/C23H22F3N3O2S/c1-28-9-11-29(12-10-28)22(30)20-15-32-21(27-20)17-5-7-19(8-6-17)31-14-16-3-2-4-18(13-16)23(24,25)26/h2-8,13,15H,9-12,14H2,1H3. The molecule has 0 spiro atoms. The second-order valence-electron chi connectivity index (χ2n) is 7.64. The fourth-order valence-corrected chi connectivity index (χ4v) is 4.17. The number of benzene rings is 2. The van der Waals surface area contributed by atoms with E-state index < -0.39 is 11.7 Å². The van der Waals surface area contributed by atoms with E-state index in [0.29, 0.717) is 30.1 Å². The Morgan fingerprint density at radius 1 is 1.09 bits per heavy atom. The number of rotatable bonds is 5. The van der Waals surface area contributed by atoms with Crippen LogP contribution >= 0.6 is 11.3 Å². The number of likely N-dealkylation sites (N-methyl/N-ethyl adjacent to an activating group) is 1. The first-order valence-electron chi connectivity index (χ1n) is 10.1. The molecule has 2 aromatic carbocycles. The maximum atomic E-state index is 12.8. The van der Waals surface area contributed by atoms with Crippen molar-refractivity contribution in [2.45, 2.75) is 12.8 Å². The van der Waals surface area contributed by atoms with Crippen molar-refractivity contribution in [3.63, 3.8) is 0 Å². The molecule has 168 valence electrons. The molecule has 9 heteroatoms. The van der Waals surface area contributed by atoms with Crippen molar-refractivity contribution >= 4 is 17.2 Å². The van der Waals surface area contributed by atoms with Crippen molar-refractivity contribution in [2.24, 2.45) is 0 Å². The summed E-state index contributed by atoms with van der Waals surface area (Å²) in [6.07, 6.45) is -4.38. The maximum absolute atomic E-state index is 12.8. The third-order valence-corrected chi connectivity index (χ3v) is 6.17. The van der Waals surface area contributed by atoms with E-state index in [2.05, 4.69) is 9.88 Å². The number of hydrogen-bond acceptors (Lipinski definition) is 5. The van der Waals surface area contributed by atoms with Gasteiger partial charge in [0, 0.05) is 37.1 Å². The monoisotopic (exact) mass is 461 g/mol. The molecular formula is C23H22F3N3O2S. The van der Waals surface area contributed by atoms with E-state index in [1.54, 1.807) is 23.6 Å². The van der Waals surface area contributed by atoms with Gasteiger partial charge in [-0.05, 0) is 49.0 Å². The molecule has 0 unspecified atom stereocenters. The molecule has 0 N–H and O–H groups in total. The van der Waals surface area contributed by atoms with Gasteiger partial charge in [0.2, 0.25) is 0 Å². The normalized spacial score (nSPS) is 15.1. The van der Waals surface area contributed by atoms with Crippen LogP contribution in [0.5, 0.6) is 5.75 Å². The molecule has 1 fully saturated rings. The van der Waals surface area contributed by atoms with E-state index in [9.17, 15) is 18.0 Å². The summed E-state index contributed by atoms with van der Waals surface area (Å²) in [5.74, 6) is 0.484. The van der Waals surface area contributed by atoms with Gasteiger partial charge >= 0.3 is 6.18 Å². The molecule has 0 saturated carbocycles. The lowest BCUT2D eigenvalue weighted by atomic mass is 10.1. The summed E-state index contributed by atoms with van der Waals surface area (Å²) in [6.45, 7) is 3.12. The average molecular weight is 462 g/mol. The Kier molecular flexibility index (Phi) is 6.48. The lowest BCUT2D eigenvalue weighted by Crippen LogP contribution is -2.47. The molecule has 5 nitrogen and oxygen atoms in total. The van der Waals surface area contributed by atoms with Gasteiger partial charge in [-0.1, -0.05) is 12.1 Å². The average Bonchev–Trinajstić information content (AvgIpc) is 3.28. The van der Waals surface area contributed by atoms with Gasteiger partial charge in [-0.25, -0.2) is 4.98 Å². The second kappa shape index (κ2) is 9.30. The van der Waals surface area contributed by atoms with E-state index in [0.717, 1.165) is 35.8 Å². The number of nitrogens with zero attached hydrogens (tertiary/aromatic N) is 3. The van der Waals surface area contributed by atoms with Crippen LogP contribution in [0.15, 0.2) is 53.9 Å². The number of hydrogen-bond donors (Lipinski definition) is 0. The number of alkyl halides is 3. The summed E-state index contributed by atoms with van der Waals surface area (Å²) < 4.78 is 44.1. The number of aromatic nitrogens is 1. The van der Waals surface area contributed by atoms with Gasteiger partial charge in [-0.15, -0.1) is 11.3 Å². The quantitative estimate of drug-likeness (QED) is 0.548. The van der Waals surface area contributed by atoms with Gasteiger partial charge in [0.05, 0.1) is 5.56 Å². The fourth-order valence-electron chi connectivity index (χ4n) is 3.37. The molecule has 1 aromatic heterocycles. The summed E-state index contributed by atoms with van der Waals surface area (Å²) in [5, 5.41) is 2.50. The number of piperazine rings is 1. The number of thiazole rings is 1. The Bertz CT molecular complexity index is 1070. The Balaban J connectivity index is 1.38. The van der Waals surface area contributed by atoms with Crippen molar-refractivity contribution < 1.29 is 22.7 Å². The third kappa shape index (κ3) is 5.28. The maximum Gasteiger partial charge on any atom is 0.416 e. The number of amides is 1. The van der Waals surface area contributed by atoms with Crippen LogP contribution in [0.2, 0.25) is 0 Å². The lowest BCUT2D eigenvalue weighted by molar-refractivity contribution is -0.137. The Labute approximate surface area is 188 Å². The Morgan fingerprint density at radius 3 is 2.50 bits per heavy atom. The number of carbonyl (C=O) groups excluding carboxylic acids is 1. The number of halogens is 3. The molecule has 1 saturated heterocycles. The summed E-state index contributed by atoms with van der Waals surface area (Å²) in [6, 6.07) is 12.2. The van der Waals surface area contributed by atoms with Crippen LogP contribution in [0.4, 0.5) is 13.2 Å². The van der Waals surface area contributed by atoms with E-state index in [4.69, 9.17) is 4.74 Å². The van der Waals surface area contributed by atoms with Crippen LogP contribution in [0.1, 0.15) is 21.6 Å².